The third-order valence-corrected chi connectivity index (χ3v) is 5.20. The molecule has 1 fully saturated rings. The molecule has 1 N–H and O–H groups in total. The van der Waals surface area contributed by atoms with Gasteiger partial charge in [-0.1, -0.05) is 11.6 Å². The van der Waals surface area contributed by atoms with E-state index in [2.05, 4.69) is 4.72 Å². The summed E-state index contributed by atoms with van der Waals surface area (Å²) in [4.78, 5) is 0.244. The number of sulfonamides is 1. The molecule has 1 aromatic rings. The van der Waals surface area contributed by atoms with Gasteiger partial charge in [-0.25, -0.2) is 13.1 Å². The van der Waals surface area contributed by atoms with E-state index in [4.69, 9.17) is 23.2 Å². The van der Waals surface area contributed by atoms with Gasteiger partial charge in [0.25, 0.3) is 0 Å². The lowest BCUT2D eigenvalue weighted by molar-refractivity contribution is 0.478. The summed E-state index contributed by atoms with van der Waals surface area (Å²) in [6.07, 6.45) is 2.95. The topological polar surface area (TPSA) is 46.2 Å². The van der Waals surface area contributed by atoms with Gasteiger partial charge in [0.05, 0.1) is 4.90 Å². The van der Waals surface area contributed by atoms with Crippen molar-refractivity contribution in [3.05, 3.63) is 29.3 Å². The van der Waals surface area contributed by atoms with E-state index >= 15 is 0 Å². The highest BCUT2D eigenvalue weighted by atomic mass is 35.5. The van der Waals surface area contributed by atoms with Crippen molar-refractivity contribution >= 4 is 33.2 Å². The minimum Gasteiger partial charge on any atom is -0.211 e. The molecule has 0 bridgehead atoms. The smallest absolute Gasteiger partial charge is 0.211 e. The zero-order chi connectivity index (χ0) is 13.2. The van der Waals surface area contributed by atoms with E-state index in [9.17, 15) is 8.42 Å². The van der Waals surface area contributed by atoms with Crippen LogP contribution in [0.15, 0.2) is 29.2 Å². The van der Waals surface area contributed by atoms with Crippen molar-refractivity contribution in [3.63, 3.8) is 0 Å². The average Bonchev–Trinajstić information content (AvgIpc) is 3.08. The van der Waals surface area contributed by atoms with Gasteiger partial charge in [0, 0.05) is 17.4 Å². The van der Waals surface area contributed by atoms with Gasteiger partial charge in [0.1, 0.15) is 0 Å². The molecule has 0 radical (unpaired) electrons. The second kappa shape index (κ2) is 5.37. The van der Waals surface area contributed by atoms with Gasteiger partial charge in [-0.15, -0.1) is 11.6 Å². The third-order valence-electron chi connectivity index (χ3n) is 3.34. The minimum atomic E-state index is -3.44. The molecule has 0 saturated heterocycles. The third kappa shape index (κ3) is 3.38. The van der Waals surface area contributed by atoms with Crippen LogP contribution in [0, 0.1) is 5.41 Å². The van der Waals surface area contributed by atoms with Crippen LogP contribution < -0.4 is 4.72 Å². The van der Waals surface area contributed by atoms with E-state index < -0.39 is 10.0 Å². The Balaban J connectivity index is 2.02. The lowest BCUT2D eigenvalue weighted by Crippen LogP contribution is -2.30. The van der Waals surface area contributed by atoms with E-state index in [1.807, 2.05) is 0 Å². The molecule has 1 aromatic carbocycles. The Kier molecular flexibility index (Phi) is 4.22. The van der Waals surface area contributed by atoms with Crippen molar-refractivity contribution in [3.8, 4) is 0 Å². The zero-order valence-electron chi connectivity index (χ0n) is 9.83. The average molecular weight is 308 g/mol. The maximum atomic E-state index is 12.0. The summed E-state index contributed by atoms with van der Waals surface area (Å²) in [5.74, 6) is 0.572. The summed E-state index contributed by atoms with van der Waals surface area (Å²) in [5, 5.41) is 0.523. The normalized spacial score (nSPS) is 17.7. The molecule has 1 aliphatic carbocycles. The Bertz CT molecular complexity index is 509. The molecule has 0 atom stereocenters. The largest absolute Gasteiger partial charge is 0.240 e. The van der Waals surface area contributed by atoms with Crippen LogP contribution in [0.1, 0.15) is 19.3 Å². The highest BCUT2D eigenvalue weighted by Gasteiger charge is 2.42. The van der Waals surface area contributed by atoms with Crippen molar-refractivity contribution in [2.24, 2.45) is 5.41 Å². The summed E-state index contributed by atoms with van der Waals surface area (Å²) in [7, 11) is -3.44. The number of halogens is 2. The van der Waals surface area contributed by atoms with Crippen molar-refractivity contribution in [2.75, 3.05) is 12.4 Å². The zero-order valence-corrected chi connectivity index (χ0v) is 12.2. The highest BCUT2D eigenvalue weighted by molar-refractivity contribution is 7.89. The van der Waals surface area contributed by atoms with E-state index in [1.165, 1.54) is 12.1 Å². The molecule has 6 heteroatoms. The van der Waals surface area contributed by atoms with Crippen LogP contribution in [0.2, 0.25) is 5.02 Å². The molecule has 100 valence electrons. The summed E-state index contributed by atoms with van der Waals surface area (Å²) in [6.45, 7) is 0.463. The Labute approximate surface area is 118 Å². The summed E-state index contributed by atoms with van der Waals surface area (Å²) < 4.78 is 26.7. The number of benzene rings is 1. The summed E-state index contributed by atoms with van der Waals surface area (Å²) >= 11 is 11.5. The molecule has 1 saturated carbocycles. The molecular weight excluding hydrogens is 293 g/mol. The SMILES string of the molecule is O=S(=O)(NCC1(CCCl)CC1)c1ccc(Cl)cc1. The molecule has 0 aliphatic heterocycles. The van der Waals surface area contributed by atoms with E-state index in [0.29, 0.717) is 17.4 Å². The standard InChI is InChI=1S/C12H15Cl2NO2S/c13-8-7-12(5-6-12)9-15-18(16,17)11-3-1-10(14)2-4-11/h1-4,15H,5-9H2. The van der Waals surface area contributed by atoms with Crippen molar-refractivity contribution in [1.29, 1.82) is 0 Å². The maximum Gasteiger partial charge on any atom is 0.240 e. The van der Waals surface area contributed by atoms with Crippen LogP contribution in [0.4, 0.5) is 0 Å². The van der Waals surface area contributed by atoms with Gasteiger partial charge in [-0.3, -0.25) is 0 Å². The molecule has 0 amide bonds. The lowest BCUT2D eigenvalue weighted by Gasteiger charge is -2.14. The first-order chi connectivity index (χ1) is 8.47. The first-order valence-corrected chi connectivity index (χ1v) is 8.18. The molecule has 1 aliphatic rings. The van der Waals surface area contributed by atoms with Crippen LogP contribution in [-0.4, -0.2) is 20.8 Å². The van der Waals surface area contributed by atoms with Crippen molar-refractivity contribution in [1.82, 2.24) is 4.72 Å². The Morgan fingerprint density at radius 2 is 1.83 bits per heavy atom. The lowest BCUT2D eigenvalue weighted by atomic mass is 10.1. The van der Waals surface area contributed by atoms with E-state index in [0.717, 1.165) is 19.3 Å². The molecule has 0 heterocycles. The van der Waals surface area contributed by atoms with Gasteiger partial charge < -0.3 is 0 Å². The maximum absolute atomic E-state index is 12.0. The fourth-order valence-corrected chi connectivity index (χ4v) is 3.52. The Hall–Kier alpha value is -0.290. The molecule has 18 heavy (non-hydrogen) atoms. The predicted octanol–water partition coefficient (Wildman–Crippen LogP) is 3.03. The van der Waals surface area contributed by atoms with E-state index in [-0.39, 0.29) is 10.3 Å². The molecular formula is C12H15Cl2NO2S. The van der Waals surface area contributed by atoms with Gasteiger partial charge in [-0.05, 0) is 48.9 Å². The Morgan fingerprint density at radius 3 is 2.33 bits per heavy atom. The van der Waals surface area contributed by atoms with Crippen LogP contribution >= 0.6 is 23.2 Å². The molecule has 0 aromatic heterocycles. The van der Waals surface area contributed by atoms with Crippen molar-refractivity contribution in [2.45, 2.75) is 24.2 Å². The minimum absolute atomic E-state index is 0.0846. The highest BCUT2D eigenvalue weighted by Crippen LogP contribution is 2.48. The summed E-state index contributed by atoms with van der Waals surface area (Å²) in [6, 6.07) is 6.15. The Morgan fingerprint density at radius 1 is 1.22 bits per heavy atom. The second-order valence-electron chi connectivity index (χ2n) is 4.72. The van der Waals surface area contributed by atoms with Gasteiger partial charge in [-0.2, -0.15) is 0 Å². The van der Waals surface area contributed by atoms with Crippen LogP contribution in [0.3, 0.4) is 0 Å². The molecule has 2 rings (SSSR count). The quantitative estimate of drug-likeness (QED) is 0.821. The molecule has 0 unspecified atom stereocenters. The number of nitrogens with one attached hydrogen (secondary N) is 1. The van der Waals surface area contributed by atoms with Gasteiger partial charge >= 0.3 is 0 Å². The van der Waals surface area contributed by atoms with Crippen LogP contribution in [0.5, 0.6) is 0 Å². The fourth-order valence-electron chi connectivity index (χ4n) is 1.84. The van der Waals surface area contributed by atoms with Crippen LogP contribution in [0.25, 0.3) is 0 Å². The number of rotatable bonds is 6. The first-order valence-electron chi connectivity index (χ1n) is 5.79. The fraction of sp³-hybridized carbons (Fsp3) is 0.500. The number of alkyl halides is 1. The molecule has 3 nitrogen and oxygen atoms in total. The van der Waals surface area contributed by atoms with Gasteiger partial charge in [0.15, 0.2) is 0 Å². The van der Waals surface area contributed by atoms with Crippen molar-refractivity contribution < 1.29 is 8.42 Å². The number of hydrogen-bond acceptors (Lipinski definition) is 2. The summed E-state index contributed by atoms with van der Waals surface area (Å²) in [5.41, 5.74) is 0.0846. The number of hydrogen-bond donors (Lipinski definition) is 1. The van der Waals surface area contributed by atoms with E-state index in [1.54, 1.807) is 12.1 Å². The van der Waals surface area contributed by atoms with Gasteiger partial charge in [0.2, 0.25) is 10.0 Å². The van der Waals surface area contributed by atoms with Crippen LogP contribution in [-0.2, 0) is 10.0 Å². The second-order valence-corrected chi connectivity index (χ2v) is 7.30. The first kappa shape index (κ1) is 14.1. The monoisotopic (exact) mass is 307 g/mol. The predicted molar refractivity (Wildman–Crippen MR) is 73.6 cm³/mol. The molecule has 0 spiro atoms.